The fraction of sp³-hybridized carbons (Fsp3) is 1.00. The third kappa shape index (κ3) is 3.74. The second-order valence-corrected chi connectivity index (χ2v) is 6.13. The molecule has 16 heavy (non-hydrogen) atoms. The molecule has 0 aliphatic heterocycles. The van der Waals surface area contributed by atoms with E-state index in [0.29, 0.717) is 11.8 Å². The van der Waals surface area contributed by atoms with E-state index in [9.17, 15) is 5.11 Å². The molecule has 2 heteroatoms. The van der Waals surface area contributed by atoms with Crippen LogP contribution in [-0.2, 0) is 4.74 Å². The van der Waals surface area contributed by atoms with Gasteiger partial charge < -0.3 is 9.84 Å². The third-order valence-electron chi connectivity index (χ3n) is 3.91. The molecule has 96 valence electrons. The Morgan fingerprint density at radius 3 is 2.56 bits per heavy atom. The summed E-state index contributed by atoms with van der Waals surface area (Å²) in [7, 11) is 0. The molecule has 0 heterocycles. The molecule has 1 N–H and O–H groups in total. The number of hydrogen-bond donors (Lipinski definition) is 1. The lowest BCUT2D eigenvalue weighted by Crippen LogP contribution is -2.41. The summed E-state index contributed by atoms with van der Waals surface area (Å²) in [4.78, 5) is 0. The van der Waals surface area contributed by atoms with Gasteiger partial charge >= 0.3 is 0 Å². The van der Waals surface area contributed by atoms with Gasteiger partial charge in [-0.1, -0.05) is 34.1 Å². The van der Waals surface area contributed by atoms with Crippen molar-refractivity contribution in [3.63, 3.8) is 0 Å². The van der Waals surface area contributed by atoms with Gasteiger partial charge in [-0.2, -0.15) is 0 Å². The summed E-state index contributed by atoms with van der Waals surface area (Å²) in [6, 6.07) is 0. The number of hydrogen-bond acceptors (Lipinski definition) is 2. The molecule has 1 saturated carbocycles. The van der Waals surface area contributed by atoms with Crippen molar-refractivity contribution >= 4 is 0 Å². The predicted octanol–water partition coefficient (Wildman–Crippen LogP) is 3.24. The van der Waals surface area contributed by atoms with E-state index in [0.717, 1.165) is 32.5 Å². The van der Waals surface area contributed by atoms with Crippen LogP contribution in [0.2, 0.25) is 0 Å². The van der Waals surface area contributed by atoms with Crippen molar-refractivity contribution in [2.24, 2.45) is 17.3 Å². The molecule has 1 aliphatic rings. The molecule has 3 atom stereocenters. The van der Waals surface area contributed by atoms with Gasteiger partial charge in [0.05, 0.1) is 12.7 Å². The molecule has 0 radical (unpaired) electrons. The highest BCUT2D eigenvalue weighted by Gasteiger charge is 2.38. The van der Waals surface area contributed by atoms with Crippen LogP contribution in [0, 0.1) is 17.3 Å². The van der Waals surface area contributed by atoms with E-state index in [1.54, 1.807) is 0 Å². The Morgan fingerprint density at radius 2 is 2.00 bits per heavy atom. The van der Waals surface area contributed by atoms with Gasteiger partial charge in [-0.15, -0.1) is 0 Å². The molecular weight excluding hydrogens is 200 g/mol. The summed E-state index contributed by atoms with van der Waals surface area (Å²) in [6.07, 6.45) is 4.29. The van der Waals surface area contributed by atoms with Gasteiger partial charge in [0.15, 0.2) is 0 Å². The van der Waals surface area contributed by atoms with Crippen LogP contribution in [0.4, 0.5) is 0 Å². The number of rotatable bonds is 5. The summed E-state index contributed by atoms with van der Waals surface area (Å²) in [5.74, 6) is 1.08. The summed E-state index contributed by atoms with van der Waals surface area (Å²) < 4.78 is 5.66. The number of ether oxygens (including phenoxy) is 1. The highest BCUT2D eigenvalue weighted by molar-refractivity contribution is 4.88. The Balaban J connectivity index is 2.47. The average Bonchev–Trinajstić information content (AvgIpc) is 2.17. The van der Waals surface area contributed by atoms with E-state index < -0.39 is 0 Å². The van der Waals surface area contributed by atoms with E-state index >= 15 is 0 Å². The largest absolute Gasteiger partial charge is 0.393 e. The second-order valence-electron chi connectivity index (χ2n) is 6.13. The van der Waals surface area contributed by atoms with E-state index in [1.165, 1.54) is 6.42 Å². The maximum absolute atomic E-state index is 10.2. The molecule has 0 spiro atoms. The van der Waals surface area contributed by atoms with Crippen LogP contribution in [0.1, 0.15) is 53.4 Å². The van der Waals surface area contributed by atoms with Crippen molar-refractivity contribution < 1.29 is 9.84 Å². The van der Waals surface area contributed by atoms with Crippen molar-refractivity contribution in [1.82, 2.24) is 0 Å². The van der Waals surface area contributed by atoms with E-state index in [4.69, 9.17) is 4.74 Å². The molecule has 0 amide bonds. The molecule has 0 aromatic rings. The van der Waals surface area contributed by atoms with Crippen LogP contribution >= 0.6 is 0 Å². The fourth-order valence-corrected chi connectivity index (χ4v) is 2.85. The Bertz CT molecular complexity index is 201. The Kier molecular flexibility index (Phi) is 5.26. The van der Waals surface area contributed by atoms with Gasteiger partial charge in [-0.05, 0) is 36.5 Å². The summed E-state index contributed by atoms with van der Waals surface area (Å²) in [5.41, 5.74) is 0.106. The molecule has 3 unspecified atom stereocenters. The lowest BCUT2D eigenvalue weighted by atomic mass is 9.68. The van der Waals surface area contributed by atoms with Gasteiger partial charge in [-0.25, -0.2) is 0 Å². The van der Waals surface area contributed by atoms with Crippen LogP contribution in [-0.4, -0.2) is 24.4 Å². The first-order valence-corrected chi connectivity index (χ1v) is 6.73. The first-order valence-electron chi connectivity index (χ1n) is 6.73. The van der Waals surface area contributed by atoms with Gasteiger partial charge in [0.1, 0.15) is 0 Å². The van der Waals surface area contributed by atoms with Gasteiger partial charge in [0, 0.05) is 6.61 Å². The zero-order valence-corrected chi connectivity index (χ0v) is 11.3. The quantitative estimate of drug-likeness (QED) is 0.732. The molecule has 0 aromatic heterocycles. The van der Waals surface area contributed by atoms with Gasteiger partial charge in [0.2, 0.25) is 0 Å². The normalized spacial score (nSPS) is 31.7. The van der Waals surface area contributed by atoms with Crippen LogP contribution < -0.4 is 0 Å². The molecule has 2 nitrogen and oxygen atoms in total. The van der Waals surface area contributed by atoms with E-state index in [1.807, 2.05) is 0 Å². The van der Waals surface area contributed by atoms with Crippen LogP contribution in [0.3, 0.4) is 0 Å². The lowest BCUT2D eigenvalue weighted by molar-refractivity contribution is -0.0521. The number of aliphatic hydroxyl groups is 1. The maximum Gasteiger partial charge on any atom is 0.0576 e. The Labute approximate surface area is 100 Å². The van der Waals surface area contributed by atoms with Crippen LogP contribution in [0.5, 0.6) is 0 Å². The minimum absolute atomic E-state index is 0.106. The second kappa shape index (κ2) is 6.02. The SMILES string of the molecule is CCCOCC(C)(C)C1CCC(C)CC1O. The van der Waals surface area contributed by atoms with Crippen molar-refractivity contribution in [3.05, 3.63) is 0 Å². The van der Waals surface area contributed by atoms with Gasteiger partial charge in [-0.3, -0.25) is 0 Å². The van der Waals surface area contributed by atoms with Crippen LogP contribution in [0.25, 0.3) is 0 Å². The average molecular weight is 228 g/mol. The maximum atomic E-state index is 10.2. The zero-order valence-electron chi connectivity index (χ0n) is 11.3. The van der Waals surface area contributed by atoms with E-state index in [2.05, 4.69) is 27.7 Å². The van der Waals surface area contributed by atoms with Gasteiger partial charge in [0.25, 0.3) is 0 Å². The predicted molar refractivity (Wildman–Crippen MR) is 67.4 cm³/mol. The Morgan fingerprint density at radius 1 is 1.31 bits per heavy atom. The van der Waals surface area contributed by atoms with Crippen LogP contribution in [0.15, 0.2) is 0 Å². The highest BCUT2D eigenvalue weighted by atomic mass is 16.5. The molecule has 0 bridgehead atoms. The first kappa shape index (κ1) is 14.0. The zero-order chi connectivity index (χ0) is 12.2. The van der Waals surface area contributed by atoms with E-state index in [-0.39, 0.29) is 11.5 Å². The molecule has 1 rings (SSSR count). The topological polar surface area (TPSA) is 29.5 Å². The summed E-state index contributed by atoms with van der Waals surface area (Å²) in [5, 5.41) is 10.2. The molecular formula is C14H28O2. The third-order valence-corrected chi connectivity index (χ3v) is 3.91. The number of aliphatic hydroxyl groups excluding tert-OH is 1. The molecule has 1 fully saturated rings. The summed E-state index contributed by atoms with van der Waals surface area (Å²) in [6.45, 7) is 10.4. The first-order chi connectivity index (χ1) is 7.47. The van der Waals surface area contributed by atoms with Crippen molar-refractivity contribution in [3.8, 4) is 0 Å². The Hall–Kier alpha value is -0.0800. The molecule has 0 saturated heterocycles. The van der Waals surface area contributed by atoms with Crippen molar-refractivity contribution in [2.45, 2.75) is 59.5 Å². The highest BCUT2D eigenvalue weighted by Crippen LogP contribution is 2.40. The van der Waals surface area contributed by atoms with Crippen molar-refractivity contribution in [2.75, 3.05) is 13.2 Å². The smallest absolute Gasteiger partial charge is 0.0576 e. The minimum Gasteiger partial charge on any atom is -0.393 e. The monoisotopic (exact) mass is 228 g/mol. The summed E-state index contributed by atoms with van der Waals surface area (Å²) >= 11 is 0. The minimum atomic E-state index is -0.135. The fourth-order valence-electron chi connectivity index (χ4n) is 2.85. The molecule has 1 aliphatic carbocycles. The van der Waals surface area contributed by atoms with Crippen molar-refractivity contribution in [1.29, 1.82) is 0 Å². The lowest BCUT2D eigenvalue weighted by Gasteiger charge is -2.41. The standard InChI is InChI=1S/C14H28O2/c1-5-8-16-10-14(3,4)12-7-6-11(2)9-13(12)15/h11-13,15H,5-10H2,1-4H3. The molecule has 0 aromatic carbocycles.